The van der Waals surface area contributed by atoms with Crippen molar-refractivity contribution in [2.75, 3.05) is 19.8 Å². The second kappa shape index (κ2) is 5.62. The molecule has 0 radical (unpaired) electrons. The van der Waals surface area contributed by atoms with E-state index in [-0.39, 0.29) is 17.2 Å². The Morgan fingerprint density at radius 1 is 1.12 bits per heavy atom. The van der Waals surface area contributed by atoms with Crippen LogP contribution in [-0.4, -0.2) is 38.7 Å². The van der Waals surface area contributed by atoms with E-state index in [1.165, 1.54) is 0 Å². The second-order valence-electron chi connectivity index (χ2n) is 6.58. The average Bonchev–Trinajstić information content (AvgIpc) is 2.10. The van der Waals surface area contributed by atoms with Crippen molar-refractivity contribution in [3.63, 3.8) is 0 Å². The zero-order chi connectivity index (χ0) is 13.0. The lowest BCUT2D eigenvalue weighted by Crippen LogP contribution is -2.50. The van der Waals surface area contributed by atoms with Crippen molar-refractivity contribution in [1.29, 1.82) is 0 Å². The van der Waals surface area contributed by atoms with E-state index in [4.69, 9.17) is 9.53 Å². The molecular weight excluding hydrogens is 218 g/mol. The normalized spacial score (nSPS) is 14.2. The third-order valence-corrected chi connectivity index (χ3v) is 7.79. The molecule has 0 aromatic heterocycles. The van der Waals surface area contributed by atoms with Gasteiger partial charge in [0.15, 0.2) is 8.32 Å². The molecule has 98 valence electrons. The molecule has 0 aliphatic rings. The van der Waals surface area contributed by atoms with Gasteiger partial charge < -0.3 is 14.8 Å². The minimum Gasteiger partial charge on any atom is -0.415 e. The monoisotopic (exact) mass is 247 g/mol. The third kappa shape index (κ3) is 5.43. The Labute approximate surface area is 102 Å². The van der Waals surface area contributed by atoms with Crippen LogP contribution in [-0.2, 0) is 4.43 Å². The van der Waals surface area contributed by atoms with E-state index < -0.39 is 8.32 Å². The number of hydrogen-bond acceptors (Lipinski definition) is 3. The first-order valence-electron chi connectivity index (χ1n) is 6.02. The topological polar surface area (TPSA) is 41.5 Å². The van der Waals surface area contributed by atoms with Crippen LogP contribution in [0.15, 0.2) is 0 Å². The van der Waals surface area contributed by atoms with Crippen molar-refractivity contribution in [3.05, 3.63) is 0 Å². The Hall–Kier alpha value is 0.0969. The average molecular weight is 247 g/mol. The van der Waals surface area contributed by atoms with Crippen molar-refractivity contribution in [2.45, 2.75) is 58.3 Å². The summed E-state index contributed by atoms with van der Waals surface area (Å²) in [5.41, 5.74) is -0.0712. The minimum absolute atomic E-state index is 0.0712. The highest BCUT2D eigenvalue weighted by molar-refractivity contribution is 6.74. The van der Waals surface area contributed by atoms with Crippen molar-refractivity contribution < 1.29 is 9.53 Å². The maximum atomic E-state index is 8.79. The lowest BCUT2D eigenvalue weighted by molar-refractivity contribution is 0.180. The van der Waals surface area contributed by atoms with Gasteiger partial charge in [-0.1, -0.05) is 20.8 Å². The lowest BCUT2D eigenvalue weighted by Gasteiger charge is -2.39. The summed E-state index contributed by atoms with van der Waals surface area (Å²) < 4.78 is 6.15. The number of hydrogen-bond donors (Lipinski definition) is 2. The Kier molecular flexibility index (Phi) is 5.66. The van der Waals surface area contributed by atoms with Gasteiger partial charge in [-0.3, -0.25) is 0 Å². The number of rotatable bonds is 6. The lowest BCUT2D eigenvalue weighted by atomic mass is 10.1. The van der Waals surface area contributed by atoms with E-state index >= 15 is 0 Å². The molecular formula is C12H29NO2Si. The van der Waals surface area contributed by atoms with Crippen LogP contribution >= 0.6 is 0 Å². The summed E-state index contributed by atoms with van der Waals surface area (Å²) in [5.74, 6) is 0. The molecule has 0 saturated carbocycles. The summed E-state index contributed by atoms with van der Waals surface area (Å²) >= 11 is 0. The highest BCUT2D eigenvalue weighted by Gasteiger charge is 2.38. The van der Waals surface area contributed by atoms with E-state index in [2.05, 4.69) is 53.0 Å². The summed E-state index contributed by atoms with van der Waals surface area (Å²) in [4.78, 5) is 0. The fraction of sp³-hybridized carbons (Fsp3) is 1.00. The van der Waals surface area contributed by atoms with E-state index in [0.29, 0.717) is 13.2 Å². The second-order valence-corrected chi connectivity index (χ2v) is 11.4. The molecule has 0 heterocycles. The van der Waals surface area contributed by atoms with Crippen LogP contribution in [0.25, 0.3) is 0 Å². The smallest absolute Gasteiger partial charge is 0.192 e. The summed E-state index contributed by atoms with van der Waals surface area (Å²) in [6, 6.07) is 0. The molecule has 2 N–H and O–H groups in total. The molecule has 0 rings (SSSR count). The van der Waals surface area contributed by atoms with Crippen LogP contribution in [0.5, 0.6) is 0 Å². The number of aliphatic hydroxyl groups is 1. The predicted octanol–water partition coefficient (Wildman–Crippen LogP) is 2.37. The summed E-state index contributed by atoms with van der Waals surface area (Å²) in [6.45, 7) is 16.9. The fourth-order valence-corrected chi connectivity index (χ4v) is 2.18. The molecule has 3 nitrogen and oxygen atoms in total. The maximum absolute atomic E-state index is 8.79. The Balaban J connectivity index is 4.23. The predicted molar refractivity (Wildman–Crippen MR) is 72.3 cm³/mol. The van der Waals surface area contributed by atoms with Gasteiger partial charge in [0, 0.05) is 12.1 Å². The van der Waals surface area contributed by atoms with Crippen LogP contribution < -0.4 is 5.32 Å². The van der Waals surface area contributed by atoms with Crippen LogP contribution in [0.1, 0.15) is 34.6 Å². The van der Waals surface area contributed by atoms with Crippen molar-refractivity contribution >= 4 is 8.32 Å². The largest absolute Gasteiger partial charge is 0.415 e. The summed E-state index contributed by atoms with van der Waals surface area (Å²) in [7, 11) is -1.66. The third-order valence-electron chi connectivity index (χ3n) is 3.32. The molecule has 0 aliphatic heterocycles. The standard InChI is InChI=1S/C12H29NO2Si/c1-11(2,3)16(6,7)15-10-12(4,5)13-8-9-14/h13-14H,8-10H2,1-7H3. The Morgan fingerprint density at radius 3 is 2.00 bits per heavy atom. The summed E-state index contributed by atoms with van der Waals surface area (Å²) in [5, 5.41) is 12.3. The van der Waals surface area contributed by atoms with Gasteiger partial charge in [0.05, 0.1) is 13.2 Å². The molecule has 4 heteroatoms. The zero-order valence-electron chi connectivity index (χ0n) is 12.0. The van der Waals surface area contributed by atoms with Crippen LogP contribution in [0.4, 0.5) is 0 Å². The van der Waals surface area contributed by atoms with E-state index in [1.807, 2.05) is 0 Å². The minimum atomic E-state index is -1.66. The molecule has 0 spiro atoms. The molecule has 0 fully saturated rings. The quantitative estimate of drug-likeness (QED) is 0.708. The highest BCUT2D eigenvalue weighted by Crippen LogP contribution is 2.36. The van der Waals surface area contributed by atoms with Crippen molar-refractivity contribution in [3.8, 4) is 0 Å². The summed E-state index contributed by atoms with van der Waals surface area (Å²) in [6.07, 6.45) is 0. The van der Waals surface area contributed by atoms with Gasteiger partial charge in [0.2, 0.25) is 0 Å². The molecule has 0 atom stereocenters. The van der Waals surface area contributed by atoms with Crippen LogP contribution in [0.2, 0.25) is 18.1 Å². The number of β-amino-alcohol motifs (C(OH)–C–C–N with tert-alkyl or cyclic N) is 1. The Morgan fingerprint density at radius 2 is 1.62 bits per heavy atom. The molecule has 0 aromatic carbocycles. The first-order chi connectivity index (χ1) is 7.02. The van der Waals surface area contributed by atoms with Crippen LogP contribution in [0, 0.1) is 0 Å². The first-order valence-corrected chi connectivity index (χ1v) is 8.92. The molecule has 0 saturated heterocycles. The van der Waals surface area contributed by atoms with Gasteiger partial charge in [-0.05, 0) is 32.0 Å². The van der Waals surface area contributed by atoms with E-state index in [1.54, 1.807) is 0 Å². The highest BCUT2D eigenvalue weighted by atomic mass is 28.4. The fourth-order valence-electron chi connectivity index (χ4n) is 1.02. The Bertz CT molecular complexity index is 210. The SMILES string of the molecule is CC(C)(CO[Si](C)(C)C(C)(C)C)NCCO. The van der Waals surface area contributed by atoms with Crippen molar-refractivity contribution in [1.82, 2.24) is 5.32 Å². The molecule has 0 amide bonds. The van der Waals surface area contributed by atoms with E-state index in [0.717, 1.165) is 0 Å². The van der Waals surface area contributed by atoms with Gasteiger partial charge in [0.1, 0.15) is 0 Å². The van der Waals surface area contributed by atoms with Gasteiger partial charge in [-0.15, -0.1) is 0 Å². The molecule has 16 heavy (non-hydrogen) atoms. The van der Waals surface area contributed by atoms with Gasteiger partial charge in [-0.25, -0.2) is 0 Å². The molecule has 0 bridgehead atoms. The first kappa shape index (κ1) is 16.1. The number of aliphatic hydroxyl groups excluding tert-OH is 1. The van der Waals surface area contributed by atoms with Gasteiger partial charge in [0.25, 0.3) is 0 Å². The maximum Gasteiger partial charge on any atom is 0.192 e. The van der Waals surface area contributed by atoms with Crippen molar-refractivity contribution in [2.24, 2.45) is 0 Å². The van der Waals surface area contributed by atoms with Crippen LogP contribution in [0.3, 0.4) is 0 Å². The van der Waals surface area contributed by atoms with Gasteiger partial charge >= 0.3 is 0 Å². The molecule has 0 aliphatic carbocycles. The number of nitrogens with one attached hydrogen (secondary N) is 1. The van der Waals surface area contributed by atoms with E-state index in [9.17, 15) is 0 Å². The van der Waals surface area contributed by atoms with Gasteiger partial charge in [-0.2, -0.15) is 0 Å². The molecule has 0 unspecified atom stereocenters. The molecule has 0 aromatic rings. The zero-order valence-corrected chi connectivity index (χ0v) is 13.0.